The number of halogens is 1. The minimum Gasteiger partial charge on any atom is -0.493 e. The Morgan fingerprint density at radius 1 is 0.913 bits per heavy atom. The number of hydrogen-bond acceptors (Lipinski definition) is 6. The van der Waals surface area contributed by atoms with Gasteiger partial charge in [-0.15, -0.1) is 0 Å². The van der Waals surface area contributed by atoms with E-state index >= 15 is 0 Å². The van der Waals surface area contributed by atoms with Crippen LogP contribution in [0.15, 0.2) is 89.3 Å². The van der Waals surface area contributed by atoms with Crippen LogP contribution in [0.1, 0.15) is 61.7 Å². The van der Waals surface area contributed by atoms with Gasteiger partial charge in [-0.3, -0.25) is 24.1 Å². The Bertz CT molecular complexity index is 1940. The second-order valence-electron chi connectivity index (χ2n) is 11.5. The van der Waals surface area contributed by atoms with Gasteiger partial charge >= 0.3 is 0 Å². The molecule has 0 bridgehead atoms. The van der Waals surface area contributed by atoms with Crippen molar-refractivity contribution in [1.29, 1.82) is 0 Å². The van der Waals surface area contributed by atoms with Gasteiger partial charge in [-0.25, -0.2) is 4.39 Å². The number of nitrogens with zero attached hydrogens (tertiary/aromatic N) is 1. The number of amides is 3. The van der Waals surface area contributed by atoms with Crippen LogP contribution in [0.2, 0.25) is 0 Å². The summed E-state index contributed by atoms with van der Waals surface area (Å²) in [6, 6.07) is 22.9. The van der Waals surface area contributed by atoms with E-state index in [0.717, 1.165) is 0 Å². The number of fused-ring (bicyclic) bond motifs is 2. The highest BCUT2D eigenvalue weighted by Crippen LogP contribution is 2.38. The Morgan fingerprint density at radius 3 is 2.28 bits per heavy atom. The van der Waals surface area contributed by atoms with Crippen molar-refractivity contribution in [1.82, 2.24) is 10.2 Å². The predicted molar refractivity (Wildman–Crippen MR) is 172 cm³/mol. The molecule has 0 aliphatic carbocycles. The number of carbonyl (C=O) groups excluding carboxylic acids is 4. The summed E-state index contributed by atoms with van der Waals surface area (Å²) < 4.78 is 25.7. The maximum atomic E-state index is 13.6. The molecule has 8 nitrogen and oxygen atoms in total. The van der Waals surface area contributed by atoms with Crippen molar-refractivity contribution in [3.63, 3.8) is 0 Å². The lowest BCUT2D eigenvalue weighted by Gasteiger charge is -2.16. The second-order valence-corrected chi connectivity index (χ2v) is 11.5. The summed E-state index contributed by atoms with van der Waals surface area (Å²) in [5.41, 5.74) is 3.87. The van der Waals surface area contributed by atoms with Gasteiger partial charge in [0.15, 0.2) is 6.29 Å². The van der Waals surface area contributed by atoms with E-state index < -0.39 is 5.82 Å². The van der Waals surface area contributed by atoms with Gasteiger partial charge < -0.3 is 14.5 Å². The quantitative estimate of drug-likeness (QED) is 0.0956. The van der Waals surface area contributed by atoms with Crippen molar-refractivity contribution in [3.05, 3.63) is 113 Å². The highest BCUT2D eigenvalue weighted by atomic mass is 19.1. The first-order chi connectivity index (χ1) is 22.2. The van der Waals surface area contributed by atoms with E-state index in [1.807, 2.05) is 19.9 Å². The normalized spacial score (nSPS) is 12.6. The Kier molecular flexibility index (Phi) is 8.48. The summed E-state index contributed by atoms with van der Waals surface area (Å²) in [7, 11) is 0. The molecule has 1 aliphatic heterocycles. The summed E-state index contributed by atoms with van der Waals surface area (Å²) in [6.07, 6.45) is 1.10. The van der Waals surface area contributed by atoms with Gasteiger partial charge in [-0.2, -0.15) is 0 Å². The van der Waals surface area contributed by atoms with E-state index in [4.69, 9.17) is 9.15 Å². The van der Waals surface area contributed by atoms with E-state index in [0.29, 0.717) is 80.7 Å². The number of imide groups is 1. The molecule has 46 heavy (non-hydrogen) atoms. The maximum absolute atomic E-state index is 13.6. The lowest BCUT2D eigenvalue weighted by molar-refractivity contribution is 0.0646. The monoisotopic (exact) mass is 618 g/mol. The minimum atomic E-state index is -0.400. The molecule has 1 N–H and O–H groups in total. The highest BCUT2D eigenvalue weighted by Gasteiger charge is 2.34. The number of rotatable bonds is 11. The molecule has 0 saturated heterocycles. The molecule has 0 saturated carbocycles. The fourth-order valence-electron chi connectivity index (χ4n) is 5.49. The number of carbonyl (C=O) groups is 4. The van der Waals surface area contributed by atoms with Gasteiger partial charge in [0.2, 0.25) is 0 Å². The lowest BCUT2D eigenvalue weighted by atomic mass is 9.98. The third-order valence-electron chi connectivity index (χ3n) is 7.84. The first kappa shape index (κ1) is 30.5. The average Bonchev–Trinajstić information content (AvgIpc) is 3.55. The number of nitrogens with one attached hydrogen (secondary N) is 1. The standard InChI is InChI=1S/C37H31FN2O6/c1-22(2)20-39-35(42)25-11-14-32(45-17-5-16-40-36(43)27-6-3-4-7-28(27)37(40)44)29(19-25)24-10-15-33-30(18-24)31(21-41)34(46-33)23-8-12-26(38)13-9-23/h3-4,6-15,18-19,21-22H,5,16-17,20H2,1-2H3,(H,39,42). The lowest BCUT2D eigenvalue weighted by Crippen LogP contribution is -2.31. The Hall–Kier alpha value is -5.57. The molecule has 6 rings (SSSR count). The molecule has 232 valence electrons. The van der Waals surface area contributed by atoms with Gasteiger partial charge in [0.1, 0.15) is 22.9 Å². The average molecular weight is 619 g/mol. The molecule has 9 heteroatoms. The smallest absolute Gasteiger partial charge is 0.261 e. The molecule has 2 heterocycles. The minimum absolute atomic E-state index is 0.188. The number of hydrogen-bond donors (Lipinski definition) is 1. The summed E-state index contributed by atoms with van der Waals surface area (Å²) >= 11 is 0. The van der Waals surface area contributed by atoms with Crippen molar-refractivity contribution >= 4 is 35.0 Å². The summed E-state index contributed by atoms with van der Waals surface area (Å²) in [6.45, 7) is 4.92. The topological polar surface area (TPSA) is 106 Å². The molecule has 1 aliphatic rings. The van der Waals surface area contributed by atoms with Crippen LogP contribution < -0.4 is 10.1 Å². The van der Waals surface area contributed by atoms with Crippen LogP contribution in [-0.2, 0) is 0 Å². The van der Waals surface area contributed by atoms with Crippen molar-refractivity contribution in [2.75, 3.05) is 19.7 Å². The zero-order valence-electron chi connectivity index (χ0n) is 25.3. The molecule has 4 aromatic carbocycles. The fourth-order valence-corrected chi connectivity index (χ4v) is 5.49. The summed E-state index contributed by atoms with van der Waals surface area (Å²) in [5, 5.41) is 3.49. The van der Waals surface area contributed by atoms with E-state index in [1.54, 1.807) is 66.7 Å². The fraction of sp³-hybridized carbons (Fsp3) is 0.189. The third kappa shape index (κ3) is 5.91. The zero-order valence-corrected chi connectivity index (χ0v) is 25.3. The first-order valence-corrected chi connectivity index (χ1v) is 15.0. The Morgan fingerprint density at radius 2 is 1.61 bits per heavy atom. The van der Waals surface area contributed by atoms with Crippen molar-refractivity contribution in [2.45, 2.75) is 20.3 Å². The third-order valence-corrected chi connectivity index (χ3v) is 7.84. The molecular formula is C37H31FN2O6. The maximum Gasteiger partial charge on any atom is 0.261 e. The Labute approximate surface area is 264 Å². The van der Waals surface area contributed by atoms with Crippen LogP contribution >= 0.6 is 0 Å². The van der Waals surface area contributed by atoms with Crippen molar-refractivity contribution < 1.29 is 32.7 Å². The van der Waals surface area contributed by atoms with Gasteiger partial charge in [0.05, 0.1) is 23.3 Å². The van der Waals surface area contributed by atoms with Gasteiger partial charge in [-0.1, -0.05) is 32.0 Å². The molecule has 5 aromatic rings. The predicted octanol–water partition coefficient (Wildman–Crippen LogP) is 7.17. The van der Waals surface area contributed by atoms with Crippen LogP contribution in [0.4, 0.5) is 4.39 Å². The Balaban J connectivity index is 1.29. The second kappa shape index (κ2) is 12.8. The number of ether oxygens (including phenoxy) is 1. The van der Waals surface area contributed by atoms with E-state index in [1.165, 1.54) is 17.0 Å². The molecule has 0 unspecified atom stereocenters. The van der Waals surface area contributed by atoms with E-state index in [-0.39, 0.29) is 36.8 Å². The number of benzene rings is 4. The molecule has 0 spiro atoms. The summed E-state index contributed by atoms with van der Waals surface area (Å²) in [5.74, 6) is -0.193. The van der Waals surface area contributed by atoms with Gasteiger partial charge in [0.25, 0.3) is 17.7 Å². The number of aldehydes is 1. The molecule has 0 fully saturated rings. The van der Waals surface area contributed by atoms with Gasteiger partial charge in [-0.05, 0) is 84.6 Å². The number of furan rings is 1. The van der Waals surface area contributed by atoms with E-state index in [9.17, 15) is 23.6 Å². The van der Waals surface area contributed by atoms with Crippen LogP contribution in [0, 0.1) is 11.7 Å². The van der Waals surface area contributed by atoms with Crippen molar-refractivity contribution in [2.24, 2.45) is 5.92 Å². The SMILES string of the molecule is CC(C)CNC(=O)c1ccc(OCCCN2C(=O)c3ccccc3C2=O)c(-c2ccc3oc(-c4ccc(F)cc4)c(C=O)c3c2)c1. The molecule has 1 aromatic heterocycles. The summed E-state index contributed by atoms with van der Waals surface area (Å²) in [4.78, 5) is 52.0. The van der Waals surface area contributed by atoms with Crippen LogP contribution in [0.25, 0.3) is 33.4 Å². The van der Waals surface area contributed by atoms with E-state index in [2.05, 4.69) is 5.32 Å². The van der Waals surface area contributed by atoms with Crippen LogP contribution in [0.5, 0.6) is 5.75 Å². The largest absolute Gasteiger partial charge is 0.493 e. The van der Waals surface area contributed by atoms with Crippen LogP contribution in [-0.4, -0.2) is 48.6 Å². The molecule has 0 atom stereocenters. The van der Waals surface area contributed by atoms with Crippen LogP contribution in [0.3, 0.4) is 0 Å². The molecule has 0 radical (unpaired) electrons. The molecular weight excluding hydrogens is 587 g/mol. The van der Waals surface area contributed by atoms with Crippen molar-refractivity contribution in [3.8, 4) is 28.2 Å². The van der Waals surface area contributed by atoms with Gasteiger partial charge in [0, 0.05) is 35.2 Å². The molecule has 3 amide bonds. The zero-order chi connectivity index (χ0) is 32.4. The highest BCUT2D eigenvalue weighted by molar-refractivity contribution is 6.21. The first-order valence-electron chi connectivity index (χ1n) is 15.0.